The number of benzene rings is 1. The lowest BCUT2D eigenvalue weighted by Crippen LogP contribution is -2.14. The first kappa shape index (κ1) is 15.0. The van der Waals surface area contributed by atoms with E-state index >= 15 is 0 Å². The molecule has 22 heavy (non-hydrogen) atoms. The van der Waals surface area contributed by atoms with Gasteiger partial charge in [0.25, 0.3) is 5.91 Å². The number of rotatable bonds is 4. The van der Waals surface area contributed by atoms with Crippen LogP contribution in [0.2, 0.25) is 0 Å². The van der Waals surface area contributed by atoms with E-state index in [-0.39, 0.29) is 5.69 Å². The van der Waals surface area contributed by atoms with E-state index in [1.807, 2.05) is 0 Å². The number of aryl methyl sites for hydroxylation is 1. The van der Waals surface area contributed by atoms with Crippen LogP contribution >= 0.6 is 0 Å². The zero-order valence-corrected chi connectivity index (χ0v) is 11.0. The van der Waals surface area contributed by atoms with Gasteiger partial charge in [-0.1, -0.05) is 0 Å². The highest BCUT2D eigenvalue weighted by Crippen LogP contribution is 2.23. The number of nitrogens with one attached hydrogen (secondary N) is 1. The van der Waals surface area contributed by atoms with Gasteiger partial charge in [-0.05, 0) is 12.1 Å². The van der Waals surface area contributed by atoms with Crippen LogP contribution in [0.1, 0.15) is 10.5 Å². The Bertz CT molecular complexity index is 787. The number of amides is 1. The Morgan fingerprint density at radius 1 is 1.27 bits per heavy atom. The Kier molecular flexibility index (Phi) is 3.79. The largest absolute Gasteiger partial charge is 0.320 e. The van der Waals surface area contributed by atoms with E-state index < -0.39 is 38.6 Å². The number of nitrogens with zero attached hydrogens (tertiary/aromatic N) is 4. The van der Waals surface area contributed by atoms with E-state index in [4.69, 9.17) is 0 Å². The van der Waals surface area contributed by atoms with Gasteiger partial charge >= 0.3 is 11.4 Å². The fourth-order valence-electron chi connectivity index (χ4n) is 1.69. The molecule has 1 N–H and O–H groups in total. The molecule has 0 atom stereocenters. The summed E-state index contributed by atoms with van der Waals surface area (Å²) in [5.74, 6) is -2.00. The molecule has 0 aliphatic carbocycles. The molecule has 0 aliphatic rings. The van der Waals surface area contributed by atoms with Crippen LogP contribution in [0.15, 0.2) is 24.4 Å². The van der Waals surface area contributed by atoms with Gasteiger partial charge in [-0.3, -0.25) is 29.7 Å². The molecule has 1 aromatic heterocycles. The van der Waals surface area contributed by atoms with Gasteiger partial charge < -0.3 is 5.32 Å². The zero-order chi connectivity index (χ0) is 16.4. The van der Waals surface area contributed by atoms with Crippen LogP contribution in [0.4, 0.5) is 21.5 Å². The highest BCUT2D eigenvalue weighted by Gasteiger charge is 2.25. The maximum absolute atomic E-state index is 13.2. The van der Waals surface area contributed by atoms with Crippen LogP contribution in [-0.4, -0.2) is 25.5 Å². The van der Waals surface area contributed by atoms with Crippen molar-refractivity contribution in [2.45, 2.75) is 0 Å². The molecule has 1 heterocycles. The van der Waals surface area contributed by atoms with Gasteiger partial charge in [-0.25, -0.2) is 0 Å². The summed E-state index contributed by atoms with van der Waals surface area (Å²) in [6.45, 7) is 0. The summed E-state index contributed by atoms with van der Waals surface area (Å²) < 4.78 is 14.3. The van der Waals surface area contributed by atoms with Crippen molar-refractivity contribution < 1.29 is 19.0 Å². The molecular formula is C11H8FN5O5. The molecule has 0 saturated heterocycles. The molecule has 10 nitrogen and oxygen atoms in total. The van der Waals surface area contributed by atoms with E-state index in [2.05, 4.69) is 10.4 Å². The third-order valence-electron chi connectivity index (χ3n) is 2.62. The summed E-state index contributed by atoms with van der Waals surface area (Å²) in [4.78, 5) is 31.7. The molecule has 0 spiro atoms. The van der Waals surface area contributed by atoms with Crippen LogP contribution in [0.3, 0.4) is 0 Å². The molecule has 11 heteroatoms. The van der Waals surface area contributed by atoms with Crippen molar-refractivity contribution in [3.63, 3.8) is 0 Å². The monoisotopic (exact) mass is 309 g/mol. The molecule has 0 unspecified atom stereocenters. The average Bonchev–Trinajstić information content (AvgIpc) is 2.83. The van der Waals surface area contributed by atoms with E-state index in [0.717, 1.165) is 29.1 Å². The Balaban J connectivity index is 2.32. The summed E-state index contributed by atoms with van der Waals surface area (Å²) in [6, 6.07) is 2.71. The van der Waals surface area contributed by atoms with Crippen LogP contribution in [0.25, 0.3) is 0 Å². The van der Waals surface area contributed by atoms with Crippen molar-refractivity contribution in [1.82, 2.24) is 9.78 Å². The molecular weight excluding hydrogens is 301 g/mol. The fraction of sp³-hybridized carbons (Fsp3) is 0.0909. The molecule has 114 valence electrons. The van der Waals surface area contributed by atoms with Crippen LogP contribution in [-0.2, 0) is 7.05 Å². The van der Waals surface area contributed by atoms with Crippen molar-refractivity contribution in [2.24, 2.45) is 7.05 Å². The molecule has 0 radical (unpaired) electrons. The molecule has 0 fully saturated rings. The Morgan fingerprint density at radius 3 is 2.50 bits per heavy atom. The summed E-state index contributed by atoms with van der Waals surface area (Å²) in [6.07, 6.45) is 1.04. The number of anilines is 1. The van der Waals surface area contributed by atoms with Gasteiger partial charge in [-0.2, -0.15) is 9.49 Å². The molecule has 2 aromatic rings. The molecule has 0 saturated carbocycles. The first-order valence-electron chi connectivity index (χ1n) is 5.73. The summed E-state index contributed by atoms with van der Waals surface area (Å²) >= 11 is 0. The zero-order valence-electron chi connectivity index (χ0n) is 11.0. The van der Waals surface area contributed by atoms with Gasteiger partial charge in [0.2, 0.25) is 11.5 Å². The Labute approximate surface area is 121 Å². The molecule has 1 aromatic carbocycles. The first-order chi connectivity index (χ1) is 10.3. The lowest BCUT2D eigenvalue weighted by molar-refractivity contribution is -0.387. The second-order valence-electron chi connectivity index (χ2n) is 4.17. The van der Waals surface area contributed by atoms with E-state index in [1.54, 1.807) is 0 Å². The summed E-state index contributed by atoms with van der Waals surface area (Å²) in [5.41, 5.74) is -1.89. The molecule has 0 aliphatic heterocycles. The lowest BCUT2D eigenvalue weighted by Gasteiger charge is -2.03. The average molecular weight is 309 g/mol. The lowest BCUT2D eigenvalue weighted by atomic mass is 10.2. The van der Waals surface area contributed by atoms with Crippen molar-refractivity contribution in [3.05, 3.63) is 56.1 Å². The summed E-state index contributed by atoms with van der Waals surface area (Å²) in [7, 11) is 1.40. The van der Waals surface area contributed by atoms with E-state index in [9.17, 15) is 29.4 Å². The normalized spacial score (nSPS) is 10.3. The van der Waals surface area contributed by atoms with Crippen molar-refractivity contribution >= 4 is 23.0 Å². The predicted molar refractivity (Wildman–Crippen MR) is 70.9 cm³/mol. The second-order valence-corrected chi connectivity index (χ2v) is 4.17. The highest BCUT2D eigenvalue weighted by atomic mass is 19.1. The third kappa shape index (κ3) is 2.87. The number of carbonyl (C=O) groups is 1. The Morgan fingerprint density at radius 2 is 1.91 bits per heavy atom. The number of nitro groups is 2. The molecule has 0 bridgehead atoms. The number of hydrogen-bond donors (Lipinski definition) is 1. The van der Waals surface area contributed by atoms with Crippen molar-refractivity contribution in [3.8, 4) is 0 Å². The van der Waals surface area contributed by atoms with Crippen LogP contribution in [0.5, 0.6) is 0 Å². The molecule has 2 rings (SSSR count). The van der Waals surface area contributed by atoms with Crippen LogP contribution in [0, 0.1) is 26.0 Å². The van der Waals surface area contributed by atoms with Gasteiger partial charge in [0.15, 0.2) is 0 Å². The topological polar surface area (TPSA) is 133 Å². The first-order valence-corrected chi connectivity index (χ1v) is 5.73. The quantitative estimate of drug-likeness (QED) is 0.674. The standard InChI is InChI=1S/C11H8FN5O5/c1-15-5-9(17(21)22)10(14-15)11(18)13-6-2-3-7(12)8(4-6)16(19)20/h2-5H,1H3,(H,13,18). The predicted octanol–water partition coefficient (Wildman–Crippen LogP) is 1.63. The SMILES string of the molecule is Cn1cc([N+](=O)[O-])c(C(=O)Nc2ccc(F)c([N+](=O)[O-])c2)n1. The second kappa shape index (κ2) is 5.55. The van der Waals surface area contributed by atoms with Crippen LogP contribution < -0.4 is 5.32 Å². The number of hydrogen-bond acceptors (Lipinski definition) is 6. The minimum Gasteiger partial charge on any atom is -0.320 e. The van der Waals surface area contributed by atoms with E-state index in [0.29, 0.717) is 0 Å². The highest BCUT2D eigenvalue weighted by molar-refractivity contribution is 6.05. The molecule has 1 amide bonds. The minimum atomic E-state index is -1.06. The van der Waals surface area contributed by atoms with Gasteiger partial charge in [0.1, 0.15) is 6.20 Å². The number of halogens is 1. The smallest absolute Gasteiger partial charge is 0.320 e. The maximum atomic E-state index is 13.2. The van der Waals surface area contributed by atoms with Crippen molar-refractivity contribution in [2.75, 3.05) is 5.32 Å². The number of nitro benzene ring substituents is 1. The number of carbonyl (C=O) groups excluding carboxylic acids is 1. The number of aromatic nitrogens is 2. The van der Waals surface area contributed by atoms with Gasteiger partial charge in [0.05, 0.1) is 9.85 Å². The van der Waals surface area contributed by atoms with Gasteiger partial charge in [-0.15, -0.1) is 0 Å². The van der Waals surface area contributed by atoms with Crippen molar-refractivity contribution in [1.29, 1.82) is 0 Å². The third-order valence-corrected chi connectivity index (χ3v) is 2.62. The summed E-state index contributed by atoms with van der Waals surface area (Å²) in [5, 5.41) is 27.3. The van der Waals surface area contributed by atoms with E-state index in [1.165, 1.54) is 7.05 Å². The Hall–Kier alpha value is -3.37. The van der Waals surface area contributed by atoms with Gasteiger partial charge in [0, 0.05) is 18.8 Å². The minimum absolute atomic E-state index is 0.0851. The fourth-order valence-corrected chi connectivity index (χ4v) is 1.69. The maximum Gasteiger partial charge on any atom is 0.320 e.